The van der Waals surface area contributed by atoms with Gasteiger partial charge >= 0.3 is 0 Å². The second kappa shape index (κ2) is 5.83. The highest BCUT2D eigenvalue weighted by atomic mass is 16.3. The van der Waals surface area contributed by atoms with Crippen molar-refractivity contribution in [2.75, 3.05) is 13.2 Å². The largest absolute Gasteiger partial charge is 0.396 e. The molecule has 1 atom stereocenters. The summed E-state index contributed by atoms with van der Waals surface area (Å²) in [5, 5.41) is 8.90. The Labute approximate surface area is 104 Å². The molecule has 4 heteroatoms. The van der Waals surface area contributed by atoms with E-state index in [1.807, 2.05) is 25.7 Å². The molecule has 4 nitrogen and oxygen atoms in total. The fraction of sp³-hybridized carbons (Fsp3) is 0.923. The molecule has 100 valence electrons. The Morgan fingerprint density at radius 2 is 2.06 bits per heavy atom. The van der Waals surface area contributed by atoms with Gasteiger partial charge in [0.2, 0.25) is 5.91 Å². The van der Waals surface area contributed by atoms with Crippen molar-refractivity contribution in [3.8, 4) is 0 Å². The van der Waals surface area contributed by atoms with E-state index in [0.717, 1.165) is 12.8 Å². The van der Waals surface area contributed by atoms with Crippen LogP contribution in [0.4, 0.5) is 0 Å². The number of carbonyl (C=O) groups excluding carboxylic acids is 1. The Kier molecular flexibility index (Phi) is 4.95. The van der Waals surface area contributed by atoms with E-state index in [2.05, 4.69) is 0 Å². The molecule has 0 spiro atoms. The minimum atomic E-state index is -0.457. The molecule has 17 heavy (non-hydrogen) atoms. The van der Waals surface area contributed by atoms with E-state index in [1.54, 1.807) is 0 Å². The first kappa shape index (κ1) is 14.5. The third-order valence-corrected chi connectivity index (χ3v) is 3.55. The molecule has 0 unspecified atom stereocenters. The predicted molar refractivity (Wildman–Crippen MR) is 68.5 cm³/mol. The van der Waals surface area contributed by atoms with Crippen LogP contribution in [-0.4, -0.2) is 41.1 Å². The predicted octanol–water partition coefficient (Wildman–Crippen LogP) is 1.12. The maximum atomic E-state index is 12.3. The van der Waals surface area contributed by atoms with Crippen LogP contribution in [0.2, 0.25) is 0 Å². The molecule has 0 radical (unpaired) electrons. The summed E-state index contributed by atoms with van der Waals surface area (Å²) in [6, 6.07) is -0.107. The number of hydrogen-bond acceptors (Lipinski definition) is 3. The molecular weight excluding hydrogens is 216 g/mol. The second-order valence-corrected chi connectivity index (χ2v) is 6.04. The molecule has 0 aromatic rings. The molecule has 1 rings (SSSR count). The first-order chi connectivity index (χ1) is 7.88. The van der Waals surface area contributed by atoms with Crippen LogP contribution in [-0.2, 0) is 4.79 Å². The standard InChI is InChI=1S/C13H26N2O2/c1-13(2,3)11(14)12(17)15(8-5-9-16)10-6-4-7-10/h10-11,16H,4-9,14H2,1-3H3/t11-/m0/s1. The van der Waals surface area contributed by atoms with Crippen LogP contribution >= 0.6 is 0 Å². The average molecular weight is 242 g/mol. The summed E-state index contributed by atoms with van der Waals surface area (Å²) >= 11 is 0. The zero-order valence-electron chi connectivity index (χ0n) is 11.3. The highest BCUT2D eigenvalue weighted by Gasteiger charge is 2.35. The number of rotatable bonds is 5. The molecule has 3 N–H and O–H groups in total. The Morgan fingerprint density at radius 1 is 1.47 bits per heavy atom. The summed E-state index contributed by atoms with van der Waals surface area (Å²) in [7, 11) is 0. The van der Waals surface area contributed by atoms with Crippen molar-refractivity contribution in [3.05, 3.63) is 0 Å². The van der Waals surface area contributed by atoms with E-state index in [1.165, 1.54) is 6.42 Å². The number of hydrogen-bond donors (Lipinski definition) is 2. The number of amides is 1. The lowest BCUT2D eigenvalue weighted by molar-refractivity contribution is -0.139. The van der Waals surface area contributed by atoms with Crippen LogP contribution in [0.3, 0.4) is 0 Å². The van der Waals surface area contributed by atoms with Gasteiger partial charge in [0.05, 0.1) is 6.04 Å². The van der Waals surface area contributed by atoms with Gasteiger partial charge < -0.3 is 15.7 Å². The highest BCUT2D eigenvalue weighted by Crippen LogP contribution is 2.27. The van der Waals surface area contributed by atoms with Crippen molar-refractivity contribution in [1.82, 2.24) is 4.90 Å². The molecular formula is C13H26N2O2. The monoisotopic (exact) mass is 242 g/mol. The summed E-state index contributed by atoms with van der Waals surface area (Å²) in [5.41, 5.74) is 5.82. The van der Waals surface area contributed by atoms with Gasteiger partial charge in [0.25, 0.3) is 0 Å². The molecule has 0 aromatic heterocycles. The Bertz CT molecular complexity index is 257. The molecule has 1 fully saturated rings. The van der Waals surface area contributed by atoms with Gasteiger partial charge in [-0.1, -0.05) is 20.8 Å². The molecule has 1 saturated carbocycles. The zero-order chi connectivity index (χ0) is 13.1. The smallest absolute Gasteiger partial charge is 0.240 e. The summed E-state index contributed by atoms with van der Waals surface area (Å²) in [5.74, 6) is 0.0376. The van der Waals surface area contributed by atoms with Crippen molar-refractivity contribution in [2.45, 2.75) is 58.5 Å². The van der Waals surface area contributed by atoms with E-state index >= 15 is 0 Å². The van der Waals surface area contributed by atoms with E-state index in [-0.39, 0.29) is 17.9 Å². The number of aliphatic hydroxyl groups is 1. The molecule has 0 heterocycles. The Morgan fingerprint density at radius 3 is 2.41 bits per heavy atom. The number of aliphatic hydroxyl groups excluding tert-OH is 1. The SMILES string of the molecule is CC(C)(C)[C@@H](N)C(=O)N(CCCO)C1CCC1. The number of nitrogens with zero attached hydrogens (tertiary/aromatic N) is 1. The quantitative estimate of drug-likeness (QED) is 0.759. The van der Waals surface area contributed by atoms with Gasteiger partial charge in [0.1, 0.15) is 0 Å². The van der Waals surface area contributed by atoms with Gasteiger partial charge in [-0.15, -0.1) is 0 Å². The van der Waals surface area contributed by atoms with Gasteiger partial charge in [-0.05, 0) is 31.1 Å². The average Bonchev–Trinajstić information content (AvgIpc) is 2.17. The van der Waals surface area contributed by atoms with Gasteiger partial charge in [-0.2, -0.15) is 0 Å². The van der Waals surface area contributed by atoms with E-state index in [0.29, 0.717) is 19.0 Å². The molecule has 0 bridgehead atoms. The normalized spacial score (nSPS) is 18.6. The Balaban J connectivity index is 2.64. The van der Waals surface area contributed by atoms with Gasteiger partial charge in [0, 0.05) is 19.2 Å². The van der Waals surface area contributed by atoms with Crippen LogP contribution in [0.25, 0.3) is 0 Å². The maximum Gasteiger partial charge on any atom is 0.240 e. The van der Waals surface area contributed by atoms with Crippen molar-refractivity contribution in [1.29, 1.82) is 0 Å². The third kappa shape index (κ3) is 3.68. The van der Waals surface area contributed by atoms with Crippen molar-refractivity contribution in [3.63, 3.8) is 0 Å². The molecule has 0 aliphatic heterocycles. The molecule has 1 aliphatic carbocycles. The van der Waals surface area contributed by atoms with Gasteiger partial charge in [-0.25, -0.2) is 0 Å². The van der Waals surface area contributed by atoms with Crippen LogP contribution < -0.4 is 5.73 Å². The highest BCUT2D eigenvalue weighted by molar-refractivity contribution is 5.82. The lowest BCUT2D eigenvalue weighted by Crippen LogP contribution is -2.55. The van der Waals surface area contributed by atoms with Gasteiger partial charge in [-0.3, -0.25) is 4.79 Å². The first-order valence-corrected chi connectivity index (χ1v) is 6.55. The molecule has 1 amide bonds. The van der Waals surface area contributed by atoms with Crippen molar-refractivity contribution < 1.29 is 9.90 Å². The Hall–Kier alpha value is -0.610. The lowest BCUT2D eigenvalue weighted by atomic mass is 9.84. The minimum absolute atomic E-state index is 0.0376. The number of nitrogens with two attached hydrogens (primary N) is 1. The molecule has 1 aliphatic rings. The lowest BCUT2D eigenvalue weighted by Gasteiger charge is -2.41. The van der Waals surface area contributed by atoms with Gasteiger partial charge in [0.15, 0.2) is 0 Å². The maximum absolute atomic E-state index is 12.3. The van der Waals surface area contributed by atoms with Crippen molar-refractivity contribution >= 4 is 5.91 Å². The third-order valence-electron chi connectivity index (χ3n) is 3.55. The van der Waals surface area contributed by atoms with E-state index in [9.17, 15) is 4.79 Å². The fourth-order valence-electron chi connectivity index (χ4n) is 1.96. The summed E-state index contributed by atoms with van der Waals surface area (Å²) in [4.78, 5) is 14.2. The second-order valence-electron chi connectivity index (χ2n) is 6.04. The topological polar surface area (TPSA) is 66.6 Å². The summed E-state index contributed by atoms with van der Waals surface area (Å²) in [6.07, 6.45) is 3.99. The summed E-state index contributed by atoms with van der Waals surface area (Å²) < 4.78 is 0. The van der Waals surface area contributed by atoms with E-state index < -0.39 is 6.04 Å². The molecule has 0 aromatic carbocycles. The minimum Gasteiger partial charge on any atom is -0.396 e. The zero-order valence-corrected chi connectivity index (χ0v) is 11.3. The van der Waals surface area contributed by atoms with Crippen LogP contribution in [0, 0.1) is 5.41 Å². The van der Waals surface area contributed by atoms with Crippen LogP contribution in [0.1, 0.15) is 46.5 Å². The fourth-order valence-corrected chi connectivity index (χ4v) is 1.96. The van der Waals surface area contributed by atoms with E-state index in [4.69, 9.17) is 10.8 Å². The summed E-state index contributed by atoms with van der Waals surface area (Å²) in [6.45, 7) is 6.72. The number of carbonyl (C=O) groups is 1. The van der Waals surface area contributed by atoms with Crippen LogP contribution in [0.5, 0.6) is 0 Å². The molecule has 0 saturated heterocycles. The first-order valence-electron chi connectivity index (χ1n) is 6.55. The van der Waals surface area contributed by atoms with Crippen LogP contribution in [0.15, 0.2) is 0 Å². The van der Waals surface area contributed by atoms with Crippen molar-refractivity contribution in [2.24, 2.45) is 11.1 Å².